The first kappa shape index (κ1) is 23.6. The van der Waals surface area contributed by atoms with Crippen molar-refractivity contribution in [2.45, 2.75) is 70.9 Å². The fraction of sp³-hybridized carbons (Fsp3) is 0.556. The molecule has 1 aliphatic carbocycles. The van der Waals surface area contributed by atoms with Gasteiger partial charge in [-0.1, -0.05) is 42.5 Å². The first-order valence-electron chi connectivity index (χ1n) is 12.0. The standard InChI is InChI=1S/C27H39N2.HI/c1-3-29(4-2)20-11-10-17-27(29)18-12-19-28(25-15-6-5-7-16-25)26-21-23-13-8-9-14-24(23)22-26;/h5-9,13-16,26-27H,3-4,10-12,17-22H2,1-2H3;1H/q+1;/p-1. The molecule has 0 aromatic heterocycles. The van der Waals surface area contributed by atoms with Crippen LogP contribution in [0.2, 0.25) is 0 Å². The van der Waals surface area contributed by atoms with Crippen molar-refractivity contribution in [1.82, 2.24) is 0 Å². The highest BCUT2D eigenvalue weighted by Gasteiger charge is 2.36. The van der Waals surface area contributed by atoms with E-state index in [0.29, 0.717) is 6.04 Å². The molecule has 1 heterocycles. The van der Waals surface area contributed by atoms with Gasteiger partial charge in [0.15, 0.2) is 0 Å². The third-order valence-corrected chi connectivity index (χ3v) is 7.92. The van der Waals surface area contributed by atoms with E-state index in [4.69, 9.17) is 0 Å². The van der Waals surface area contributed by atoms with Crippen LogP contribution in [0.4, 0.5) is 5.69 Å². The normalized spacial score (nSPS) is 20.4. The Bertz CT molecular complexity index is 746. The molecule has 2 aliphatic rings. The Morgan fingerprint density at radius 1 is 0.867 bits per heavy atom. The maximum atomic E-state index is 2.72. The minimum absolute atomic E-state index is 0. The second-order valence-electron chi connectivity index (χ2n) is 9.23. The van der Waals surface area contributed by atoms with Gasteiger partial charge in [-0.2, -0.15) is 0 Å². The zero-order chi connectivity index (χ0) is 20.1. The highest BCUT2D eigenvalue weighted by molar-refractivity contribution is 5.49. The molecule has 4 rings (SSSR count). The molecular formula is C27H39IN2. The van der Waals surface area contributed by atoms with Crippen LogP contribution in [0.15, 0.2) is 54.6 Å². The number of rotatable bonds is 8. The summed E-state index contributed by atoms with van der Waals surface area (Å²) in [5, 5.41) is 0. The third kappa shape index (κ3) is 5.04. The van der Waals surface area contributed by atoms with Gasteiger partial charge < -0.3 is 33.4 Å². The van der Waals surface area contributed by atoms with Gasteiger partial charge in [0.05, 0.1) is 25.7 Å². The van der Waals surface area contributed by atoms with Crippen molar-refractivity contribution in [1.29, 1.82) is 0 Å². The summed E-state index contributed by atoms with van der Waals surface area (Å²) in [5.41, 5.74) is 4.51. The average Bonchev–Trinajstić information content (AvgIpc) is 3.21. The van der Waals surface area contributed by atoms with Gasteiger partial charge in [-0.25, -0.2) is 0 Å². The molecule has 1 atom stereocenters. The minimum Gasteiger partial charge on any atom is -1.00 e. The van der Waals surface area contributed by atoms with E-state index in [0.717, 1.165) is 6.04 Å². The van der Waals surface area contributed by atoms with Crippen LogP contribution in [0.1, 0.15) is 57.1 Å². The van der Waals surface area contributed by atoms with Crippen molar-refractivity contribution < 1.29 is 28.5 Å². The van der Waals surface area contributed by atoms with Gasteiger partial charge >= 0.3 is 0 Å². The van der Waals surface area contributed by atoms with Crippen LogP contribution in [0, 0.1) is 0 Å². The quantitative estimate of drug-likeness (QED) is 0.384. The Morgan fingerprint density at radius 2 is 1.50 bits per heavy atom. The molecule has 0 bridgehead atoms. The lowest BCUT2D eigenvalue weighted by Crippen LogP contribution is -3.00. The molecule has 30 heavy (non-hydrogen) atoms. The summed E-state index contributed by atoms with van der Waals surface area (Å²) < 4.78 is 1.36. The molecule has 164 valence electrons. The third-order valence-electron chi connectivity index (χ3n) is 7.92. The van der Waals surface area contributed by atoms with E-state index in [1.165, 1.54) is 81.3 Å². The van der Waals surface area contributed by atoms with Crippen molar-refractivity contribution in [2.24, 2.45) is 0 Å². The van der Waals surface area contributed by atoms with Crippen molar-refractivity contribution in [2.75, 3.05) is 31.1 Å². The van der Waals surface area contributed by atoms with Crippen LogP contribution in [-0.4, -0.2) is 42.7 Å². The molecule has 0 radical (unpaired) electrons. The van der Waals surface area contributed by atoms with Crippen LogP contribution in [0.3, 0.4) is 0 Å². The summed E-state index contributed by atoms with van der Waals surface area (Å²) in [5.74, 6) is 0. The predicted molar refractivity (Wildman–Crippen MR) is 125 cm³/mol. The summed E-state index contributed by atoms with van der Waals surface area (Å²) in [6, 6.07) is 21.7. The zero-order valence-corrected chi connectivity index (χ0v) is 21.1. The molecule has 2 aromatic carbocycles. The molecule has 0 saturated carbocycles. The molecule has 1 aliphatic heterocycles. The van der Waals surface area contributed by atoms with Crippen molar-refractivity contribution in [3.8, 4) is 0 Å². The molecular weight excluding hydrogens is 479 g/mol. The smallest absolute Gasteiger partial charge is 0.0890 e. The number of piperidine rings is 1. The molecule has 3 heteroatoms. The number of hydrogen-bond acceptors (Lipinski definition) is 1. The SMILES string of the molecule is CC[N+]1(CC)CCCCC1CCCN(c1ccccc1)C1Cc2ccccc2C1.[I-]. The maximum Gasteiger partial charge on any atom is 0.0890 e. The summed E-state index contributed by atoms with van der Waals surface area (Å²) in [6.07, 6.45) is 9.37. The first-order valence-corrected chi connectivity index (χ1v) is 12.0. The fourth-order valence-electron chi connectivity index (χ4n) is 6.13. The molecule has 2 nitrogen and oxygen atoms in total. The van der Waals surface area contributed by atoms with Gasteiger partial charge in [0.25, 0.3) is 0 Å². The highest BCUT2D eigenvalue weighted by Crippen LogP contribution is 2.31. The monoisotopic (exact) mass is 518 g/mol. The van der Waals surface area contributed by atoms with Crippen LogP contribution >= 0.6 is 0 Å². The second-order valence-corrected chi connectivity index (χ2v) is 9.23. The van der Waals surface area contributed by atoms with E-state index in [9.17, 15) is 0 Å². The van der Waals surface area contributed by atoms with Crippen molar-refractivity contribution >= 4 is 5.69 Å². The van der Waals surface area contributed by atoms with Crippen LogP contribution in [-0.2, 0) is 12.8 Å². The second kappa shape index (κ2) is 11.0. The van der Waals surface area contributed by atoms with E-state index in [1.54, 1.807) is 11.1 Å². The Balaban J connectivity index is 0.00000256. The lowest BCUT2D eigenvalue weighted by atomic mass is 9.94. The Kier molecular flexibility index (Phi) is 8.64. The average molecular weight is 519 g/mol. The number of halogens is 1. The number of benzene rings is 2. The number of para-hydroxylation sites is 1. The lowest BCUT2D eigenvalue weighted by Gasteiger charge is -2.47. The Labute approximate surface area is 201 Å². The number of nitrogens with zero attached hydrogens (tertiary/aromatic N) is 2. The molecule has 2 aromatic rings. The van der Waals surface area contributed by atoms with E-state index in [2.05, 4.69) is 73.3 Å². The Morgan fingerprint density at radius 3 is 2.13 bits per heavy atom. The summed E-state index contributed by atoms with van der Waals surface area (Å²) in [6.45, 7) is 10.0. The molecule has 1 unspecified atom stereocenters. The van der Waals surface area contributed by atoms with E-state index >= 15 is 0 Å². The van der Waals surface area contributed by atoms with E-state index < -0.39 is 0 Å². The topological polar surface area (TPSA) is 3.24 Å². The number of fused-ring (bicyclic) bond motifs is 1. The zero-order valence-electron chi connectivity index (χ0n) is 18.9. The molecule has 0 N–H and O–H groups in total. The van der Waals surface area contributed by atoms with Gasteiger partial charge in [0, 0.05) is 24.7 Å². The molecule has 1 saturated heterocycles. The van der Waals surface area contributed by atoms with E-state index in [-0.39, 0.29) is 24.0 Å². The van der Waals surface area contributed by atoms with Crippen LogP contribution < -0.4 is 28.9 Å². The number of anilines is 1. The van der Waals surface area contributed by atoms with Crippen LogP contribution in [0.5, 0.6) is 0 Å². The number of likely N-dealkylation sites (tertiary alicyclic amines) is 1. The molecule has 1 fully saturated rings. The van der Waals surface area contributed by atoms with Gasteiger partial charge in [0.1, 0.15) is 0 Å². The maximum absolute atomic E-state index is 2.72. The van der Waals surface area contributed by atoms with Gasteiger partial charge in [-0.15, -0.1) is 0 Å². The number of quaternary nitrogens is 1. The first-order chi connectivity index (χ1) is 14.3. The summed E-state index contributed by atoms with van der Waals surface area (Å²) >= 11 is 0. The largest absolute Gasteiger partial charge is 1.00 e. The van der Waals surface area contributed by atoms with Crippen molar-refractivity contribution in [3.63, 3.8) is 0 Å². The molecule has 0 amide bonds. The van der Waals surface area contributed by atoms with Gasteiger partial charge in [-0.05, 0) is 75.6 Å². The lowest BCUT2D eigenvalue weighted by molar-refractivity contribution is -0.953. The van der Waals surface area contributed by atoms with Gasteiger partial charge in [0.2, 0.25) is 0 Å². The molecule has 0 spiro atoms. The Hall–Kier alpha value is -1.07. The van der Waals surface area contributed by atoms with Crippen LogP contribution in [0.25, 0.3) is 0 Å². The minimum atomic E-state index is 0. The summed E-state index contributed by atoms with van der Waals surface area (Å²) in [4.78, 5) is 2.72. The van der Waals surface area contributed by atoms with Gasteiger partial charge in [-0.3, -0.25) is 0 Å². The van der Waals surface area contributed by atoms with E-state index in [1.807, 2.05) is 0 Å². The summed E-state index contributed by atoms with van der Waals surface area (Å²) in [7, 11) is 0. The predicted octanol–water partition coefficient (Wildman–Crippen LogP) is 2.85. The fourth-order valence-corrected chi connectivity index (χ4v) is 6.13. The highest BCUT2D eigenvalue weighted by atomic mass is 127. The number of hydrogen-bond donors (Lipinski definition) is 0. The van der Waals surface area contributed by atoms with Crippen molar-refractivity contribution in [3.05, 3.63) is 65.7 Å².